The van der Waals surface area contributed by atoms with Gasteiger partial charge in [-0.3, -0.25) is 9.10 Å². The molecular formula is C22H20ClFN2O3S. The third-order valence-corrected chi connectivity index (χ3v) is 6.59. The summed E-state index contributed by atoms with van der Waals surface area (Å²) in [5, 5.41) is 0.567. The van der Waals surface area contributed by atoms with Crippen LogP contribution in [0.25, 0.3) is 0 Å². The lowest BCUT2D eigenvalue weighted by atomic mass is 10.1. The molecule has 0 aliphatic carbocycles. The summed E-state index contributed by atoms with van der Waals surface area (Å²) in [6, 6.07) is 18.4. The molecular weight excluding hydrogens is 427 g/mol. The SMILES string of the molecule is CN(Cc1cccc(Cl)c1)C(=O)c1cccc(S(=O)(=O)N(C)c2ccccc2F)c1. The first-order valence-electron chi connectivity index (χ1n) is 9.03. The van der Waals surface area contributed by atoms with Crippen LogP contribution in [0.15, 0.2) is 77.7 Å². The summed E-state index contributed by atoms with van der Waals surface area (Å²) in [5.41, 5.74) is 0.983. The van der Waals surface area contributed by atoms with Crippen LogP contribution in [0.5, 0.6) is 0 Å². The van der Waals surface area contributed by atoms with Crippen molar-refractivity contribution >= 4 is 33.2 Å². The number of hydrogen-bond donors (Lipinski definition) is 0. The van der Waals surface area contributed by atoms with Crippen molar-refractivity contribution in [2.24, 2.45) is 0 Å². The fourth-order valence-electron chi connectivity index (χ4n) is 2.99. The molecule has 156 valence electrons. The molecule has 0 heterocycles. The lowest BCUT2D eigenvalue weighted by Gasteiger charge is -2.21. The van der Waals surface area contributed by atoms with Gasteiger partial charge in [-0.15, -0.1) is 0 Å². The zero-order chi connectivity index (χ0) is 21.9. The summed E-state index contributed by atoms with van der Waals surface area (Å²) in [6.45, 7) is 0.311. The Morgan fingerprint density at radius 3 is 2.37 bits per heavy atom. The second-order valence-corrected chi connectivity index (χ2v) is 9.15. The van der Waals surface area contributed by atoms with Crippen molar-refractivity contribution in [3.8, 4) is 0 Å². The van der Waals surface area contributed by atoms with Crippen LogP contribution in [0.2, 0.25) is 5.02 Å². The molecule has 1 amide bonds. The summed E-state index contributed by atoms with van der Waals surface area (Å²) < 4.78 is 40.9. The van der Waals surface area contributed by atoms with Crippen LogP contribution in [0.3, 0.4) is 0 Å². The third-order valence-electron chi connectivity index (χ3n) is 4.59. The Morgan fingerprint density at radius 1 is 0.967 bits per heavy atom. The standard InChI is InChI=1S/C22H20ClFN2O3S/c1-25(15-16-7-5-9-18(23)13-16)22(27)17-8-6-10-19(14-17)30(28,29)26(2)21-12-4-3-11-20(21)24/h3-14H,15H2,1-2H3. The van der Waals surface area contributed by atoms with Gasteiger partial charge in [0.1, 0.15) is 5.82 Å². The summed E-state index contributed by atoms with van der Waals surface area (Å²) >= 11 is 5.99. The number of carbonyl (C=O) groups excluding carboxylic acids is 1. The van der Waals surface area contributed by atoms with E-state index in [1.807, 2.05) is 6.07 Å². The van der Waals surface area contributed by atoms with E-state index in [0.29, 0.717) is 11.6 Å². The topological polar surface area (TPSA) is 57.7 Å². The fraction of sp³-hybridized carbons (Fsp3) is 0.136. The van der Waals surface area contributed by atoms with E-state index in [1.54, 1.807) is 37.4 Å². The molecule has 0 fully saturated rings. The van der Waals surface area contributed by atoms with E-state index >= 15 is 0 Å². The van der Waals surface area contributed by atoms with E-state index in [-0.39, 0.29) is 22.1 Å². The van der Waals surface area contributed by atoms with E-state index in [1.165, 1.54) is 48.3 Å². The molecule has 3 aromatic rings. The number of halogens is 2. The number of hydrogen-bond acceptors (Lipinski definition) is 3. The number of nitrogens with zero attached hydrogens (tertiary/aromatic N) is 2. The van der Waals surface area contributed by atoms with Crippen molar-refractivity contribution in [1.29, 1.82) is 0 Å². The normalized spacial score (nSPS) is 11.2. The van der Waals surface area contributed by atoms with E-state index in [9.17, 15) is 17.6 Å². The van der Waals surface area contributed by atoms with Gasteiger partial charge < -0.3 is 4.90 Å². The summed E-state index contributed by atoms with van der Waals surface area (Å²) in [6.07, 6.45) is 0. The molecule has 3 rings (SSSR count). The van der Waals surface area contributed by atoms with Gasteiger partial charge in [-0.25, -0.2) is 12.8 Å². The Morgan fingerprint density at radius 2 is 1.67 bits per heavy atom. The van der Waals surface area contributed by atoms with E-state index in [2.05, 4.69) is 0 Å². The number of rotatable bonds is 6. The number of para-hydroxylation sites is 1. The monoisotopic (exact) mass is 446 g/mol. The Bertz CT molecular complexity index is 1180. The van der Waals surface area contributed by atoms with Crippen LogP contribution >= 0.6 is 11.6 Å². The van der Waals surface area contributed by atoms with Crippen molar-refractivity contribution in [3.05, 3.63) is 94.8 Å². The number of amides is 1. The Balaban J connectivity index is 1.86. The van der Waals surface area contributed by atoms with Crippen molar-refractivity contribution in [2.75, 3.05) is 18.4 Å². The summed E-state index contributed by atoms with van der Waals surface area (Å²) in [4.78, 5) is 14.2. The number of carbonyl (C=O) groups is 1. The Hall–Kier alpha value is -2.90. The molecule has 0 N–H and O–H groups in total. The molecule has 0 aromatic heterocycles. The molecule has 0 saturated carbocycles. The van der Waals surface area contributed by atoms with Crippen LogP contribution in [0.4, 0.5) is 10.1 Å². The molecule has 3 aromatic carbocycles. The highest BCUT2D eigenvalue weighted by atomic mass is 35.5. The van der Waals surface area contributed by atoms with E-state index in [4.69, 9.17) is 11.6 Å². The highest BCUT2D eigenvalue weighted by molar-refractivity contribution is 7.92. The molecule has 0 bridgehead atoms. The van der Waals surface area contributed by atoms with Gasteiger partial charge in [0.25, 0.3) is 15.9 Å². The third kappa shape index (κ3) is 4.63. The minimum atomic E-state index is -4.06. The second-order valence-electron chi connectivity index (χ2n) is 6.74. The van der Waals surface area contributed by atoms with Gasteiger partial charge >= 0.3 is 0 Å². The maximum atomic E-state index is 14.1. The van der Waals surface area contributed by atoms with Gasteiger partial charge in [-0.2, -0.15) is 0 Å². The van der Waals surface area contributed by atoms with Crippen molar-refractivity contribution < 1.29 is 17.6 Å². The van der Waals surface area contributed by atoms with Gasteiger partial charge in [0.05, 0.1) is 10.6 Å². The predicted molar refractivity (Wildman–Crippen MR) is 116 cm³/mol. The van der Waals surface area contributed by atoms with E-state index < -0.39 is 15.8 Å². The van der Waals surface area contributed by atoms with Crippen LogP contribution in [-0.2, 0) is 16.6 Å². The zero-order valence-electron chi connectivity index (χ0n) is 16.4. The highest BCUT2D eigenvalue weighted by Gasteiger charge is 2.25. The highest BCUT2D eigenvalue weighted by Crippen LogP contribution is 2.25. The number of anilines is 1. The molecule has 30 heavy (non-hydrogen) atoms. The predicted octanol–water partition coefficient (Wildman–Crippen LogP) is 4.58. The van der Waals surface area contributed by atoms with Gasteiger partial charge in [-0.1, -0.05) is 41.9 Å². The zero-order valence-corrected chi connectivity index (χ0v) is 18.0. The van der Waals surface area contributed by atoms with Gasteiger partial charge in [0.2, 0.25) is 0 Å². The van der Waals surface area contributed by atoms with Gasteiger partial charge in [0, 0.05) is 31.2 Å². The van der Waals surface area contributed by atoms with Crippen LogP contribution in [0.1, 0.15) is 15.9 Å². The minimum absolute atomic E-state index is 0.0766. The second kappa shape index (κ2) is 8.85. The maximum Gasteiger partial charge on any atom is 0.264 e. The fourth-order valence-corrected chi connectivity index (χ4v) is 4.45. The molecule has 0 atom stereocenters. The van der Waals surface area contributed by atoms with Crippen molar-refractivity contribution in [2.45, 2.75) is 11.4 Å². The smallest absolute Gasteiger partial charge is 0.264 e. The molecule has 5 nitrogen and oxygen atoms in total. The average molecular weight is 447 g/mol. The molecule has 0 aliphatic rings. The first-order valence-corrected chi connectivity index (χ1v) is 10.9. The van der Waals surface area contributed by atoms with Crippen LogP contribution in [0, 0.1) is 5.82 Å². The molecule has 0 saturated heterocycles. The largest absolute Gasteiger partial charge is 0.337 e. The lowest BCUT2D eigenvalue weighted by Crippen LogP contribution is -2.29. The average Bonchev–Trinajstić information content (AvgIpc) is 2.73. The van der Waals surface area contributed by atoms with Gasteiger partial charge in [0.15, 0.2) is 0 Å². The number of sulfonamides is 1. The minimum Gasteiger partial charge on any atom is -0.337 e. The molecule has 0 unspecified atom stereocenters. The molecule has 0 aliphatic heterocycles. The summed E-state index contributed by atoms with van der Waals surface area (Å²) in [5.74, 6) is -1.00. The Kier molecular flexibility index (Phi) is 6.43. The van der Waals surface area contributed by atoms with Crippen LogP contribution < -0.4 is 4.31 Å². The first kappa shape index (κ1) is 21.8. The molecule has 8 heteroatoms. The molecule has 0 radical (unpaired) electrons. The number of benzene rings is 3. The summed E-state index contributed by atoms with van der Waals surface area (Å²) in [7, 11) is -1.16. The van der Waals surface area contributed by atoms with Gasteiger partial charge in [-0.05, 0) is 48.0 Å². The molecule has 0 spiro atoms. The Labute approximate surface area is 180 Å². The quantitative estimate of drug-likeness (QED) is 0.557. The first-order chi connectivity index (χ1) is 14.2. The maximum absolute atomic E-state index is 14.1. The van der Waals surface area contributed by atoms with Crippen molar-refractivity contribution in [1.82, 2.24) is 4.90 Å². The lowest BCUT2D eigenvalue weighted by molar-refractivity contribution is 0.0785. The van der Waals surface area contributed by atoms with Crippen LogP contribution in [-0.4, -0.2) is 33.3 Å². The van der Waals surface area contributed by atoms with E-state index in [0.717, 1.165) is 9.87 Å². The van der Waals surface area contributed by atoms with Crippen molar-refractivity contribution in [3.63, 3.8) is 0 Å².